The second kappa shape index (κ2) is 9.60. The summed E-state index contributed by atoms with van der Waals surface area (Å²) in [5.74, 6) is -0.801. The van der Waals surface area contributed by atoms with Gasteiger partial charge in [0.15, 0.2) is 0 Å². The van der Waals surface area contributed by atoms with Gasteiger partial charge in [-0.2, -0.15) is 0 Å². The Morgan fingerprint density at radius 2 is 2.00 bits per heavy atom. The first-order valence-electron chi connectivity index (χ1n) is 7.90. The van der Waals surface area contributed by atoms with Gasteiger partial charge in [-0.05, 0) is 44.9 Å². The molecule has 1 aliphatic heterocycles. The summed E-state index contributed by atoms with van der Waals surface area (Å²) in [4.78, 5) is 26.8. The molecular weight excluding hydrogens is 272 g/mol. The maximum atomic E-state index is 12.5. The van der Waals surface area contributed by atoms with Crippen LogP contribution in [0, 0.1) is 0 Å². The minimum atomic E-state index is -0.801. The zero-order valence-electron chi connectivity index (χ0n) is 13.0. The lowest BCUT2D eigenvalue weighted by atomic mass is 9.98. The summed E-state index contributed by atoms with van der Waals surface area (Å²) in [5, 5.41) is 17.6. The summed E-state index contributed by atoms with van der Waals surface area (Å²) in [6, 6.07) is 0.0660. The van der Waals surface area contributed by atoms with Crippen molar-refractivity contribution in [3.63, 3.8) is 0 Å². The van der Waals surface area contributed by atoms with Gasteiger partial charge in [0.1, 0.15) is 0 Å². The summed E-state index contributed by atoms with van der Waals surface area (Å²) in [5.41, 5.74) is 0. The monoisotopic (exact) mass is 300 g/mol. The minimum Gasteiger partial charge on any atom is -0.481 e. The molecule has 0 bridgehead atoms. The number of amides is 2. The summed E-state index contributed by atoms with van der Waals surface area (Å²) in [7, 11) is 1.80. The van der Waals surface area contributed by atoms with E-state index in [-0.39, 0.29) is 25.1 Å². The van der Waals surface area contributed by atoms with Crippen LogP contribution in [0.5, 0.6) is 0 Å². The van der Waals surface area contributed by atoms with Crippen molar-refractivity contribution in [1.29, 1.82) is 0 Å². The number of unbranched alkanes of at least 4 members (excludes halogenated alkanes) is 2. The fraction of sp³-hybridized carbons (Fsp3) is 0.867. The highest BCUT2D eigenvalue weighted by Gasteiger charge is 2.28. The van der Waals surface area contributed by atoms with Crippen LogP contribution >= 0.6 is 0 Å². The van der Waals surface area contributed by atoms with E-state index in [1.165, 1.54) is 0 Å². The molecule has 1 rings (SSSR count). The molecule has 1 unspecified atom stereocenters. The number of aliphatic carboxylic acids is 1. The van der Waals surface area contributed by atoms with Gasteiger partial charge >= 0.3 is 12.0 Å². The summed E-state index contributed by atoms with van der Waals surface area (Å²) < 4.78 is 0. The molecule has 0 aromatic heterocycles. The van der Waals surface area contributed by atoms with Crippen molar-refractivity contribution in [2.45, 2.75) is 57.4 Å². The molecule has 0 aromatic carbocycles. The molecule has 2 N–H and O–H groups in total. The lowest BCUT2D eigenvalue weighted by Crippen LogP contribution is -2.49. The number of carboxylic acids is 1. The van der Waals surface area contributed by atoms with Gasteiger partial charge in [-0.1, -0.05) is 0 Å². The van der Waals surface area contributed by atoms with E-state index in [9.17, 15) is 9.59 Å². The molecule has 1 aliphatic rings. The molecule has 6 heteroatoms. The van der Waals surface area contributed by atoms with Crippen molar-refractivity contribution >= 4 is 12.0 Å². The maximum Gasteiger partial charge on any atom is 0.319 e. The zero-order chi connectivity index (χ0) is 15.7. The molecule has 1 heterocycles. The first-order valence-corrected chi connectivity index (χ1v) is 7.90. The van der Waals surface area contributed by atoms with E-state index in [0.29, 0.717) is 13.0 Å². The fourth-order valence-corrected chi connectivity index (χ4v) is 2.80. The third-order valence-electron chi connectivity index (χ3n) is 4.04. The van der Waals surface area contributed by atoms with Gasteiger partial charge in [0.25, 0.3) is 0 Å². The second-order valence-corrected chi connectivity index (χ2v) is 5.76. The van der Waals surface area contributed by atoms with E-state index in [0.717, 1.165) is 45.1 Å². The van der Waals surface area contributed by atoms with Crippen molar-refractivity contribution in [2.75, 3.05) is 26.7 Å². The molecule has 1 fully saturated rings. The Morgan fingerprint density at radius 1 is 1.24 bits per heavy atom. The molecule has 122 valence electrons. The van der Waals surface area contributed by atoms with E-state index in [1.54, 1.807) is 11.9 Å². The number of rotatable bonds is 8. The van der Waals surface area contributed by atoms with Crippen molar-refractivity contribution in [1.82, 2.24) is 9.80 Å². The van der Waals surface area contributed by atoms with Gasteiger partial charge in [-0.25, -0.2) is 4.79 Å². The standard InChI is InChI=1S/C15H28N2O4/c1-16(10-4-2-6-12-18)15(21)17-11-5-3-7-13(17)8-9-14(19)20/h13,18H,2-12H2,1H3,(H,19,20). The van der Waals surface area contributed by atoms with E-state index >= 15 is 0 Å². The van der Waals surface area contributed by atoms with Gasteiger partial charge in [0, 0.05) is 39.2 Å². The molecule has 6 nitrogen and oxygen atoms in total. The number of piperidine rings is 1. The molecule has 21 heavy (non-hydrogen) atoms. The molecule has 2 amide bonds. The average Bonchev–Trinajstić information content (AvgIpc) is 2.48. The van der Waals surface area contributed by atoms with Crippen LogP contribution in [-0.2, 0) is 4.79 Å². The van der Waals surface area contributed by atoms with Gasteiger partial charge < -0.3 is 20.0 Å². The third kappa shape index (κ3) is 6.33. The van der Waals surface area contributed by atoms with Crippen LogP contribution in [0.3, 0.4) is 0 Å². The highest BCUT2D eigenvalue weighted by atomic mass is 16.4. The predicted molar refractivity (Wildman–Crippen MR) is 80.2 cm³/mol. The van der Waals surface area contributed by atoms with Crippen molar-refractivity contribution in [3.8, 4) is 0 Å². The Morgan fingerprint density at radius 3 is 2.67 bits per heavy atom. The predicted octanol–water partition coefficient (Wildman–Crippen LogP) is 1.92. The zero-order valence-corrected chi connectivity index (χ0v) is 13.0. The minimum absolute atomic E-state index is 0.00841. The summed E-state index contributed by atoms with van der Waals surface area (Å²) >= 11 is 0. The SMILES string of the molecule is CN(CCCCCO)C(=O)N1CCCCC1CCC(=O)O. The number of urea groups is 1. The van der Waals surface area contributed by atoms with E-state index < -0.39 is 5.97 Å². The lowest BCUT2D eigenvalue weighted by molar-refractivity contribution is -0.137. The van der Waals surface area contributed by atoms with Crippen LogP contribution in [0.25, 0.3) is 0 Å². The van der Waals surface area contributed by atoms with Crippen molar-refractivity contribution in [3.05, 3.63) is 0 Å². The number of likely N-dealkylation sites (tertiary alicyclic amines) is 1. The number of carboxylic acid groups (broad SMARTS) is 1. The van der Waals surface area contributed by atoms with E-state index in [4.69, 9.17) is 10.2 Å². The van der Waals surface area contributed by atoms with Gasteiger partial charge in [-0.15, -0.1) is 0 Å². The smallest absolute Gasteiger partial charge is 0.319 e. The Hall–Kier alpha value is -1.30. The van der Waals surface area contributed by atoms with Crippen LogP contribution < -0.4 is 0 Å². The summed E-state index contributed by atoms with van der Waals surface area (Å²) in [6.45, 7) is 1.60. The summed E-state index contributed by atoms with van der Waals surface area (Å²) in [6.07, 6.45) is 6.19. The molecule has 0 radical (unpaired) electrons. The largest absolute Gasteiger partial charge is 0.481 e. The number of hydrogen-bond acceptors (Lipinski definition) is 3. The topological polar surface area (TPSA) is 81.1 Å². The number of hydrogen-bond donors (Lipinski definition) is 2. The molecule has 0 spiro atoms. The number of nitrogens with zero attached hydrogens (tertiary/aromatic N) is 2. The Labute approximate surface area is 126 Å². The van der Waals surface area contributed by atoms with Gasteiger partial charge in [0.2, 0.25) is 0 Å². The highest BCUT2D eigenvalue weighted by molar-refractivity contribution is 5.74. The van der Waals surface area contributed by atoms with Crippen LogP contribution in [-0.4, -0.2) is 64.8 Å². The Balaban J connectivity index is 2.45. The average molecular weight is 300 g/mol. The molecule has 0 aliphatic carbocycles. The quantitative estimate of drug-likeness (QED) is 0.671. The van der Waals surface area contributed by atoms with Crippen molar-refractivity contribution < 1.29 is 19.8 Å². The highest BCUT2D eigenvalue weighted by Crippen LogP contribution is 2.22. The van der Waals surface area contributed by atoms with E-state index in [1.807, 2.05) is 4.90 Å². The molecule has 1 saturated heterocycles. The molecule has 1 atom stereocenters. The van der Waals surface area contributed by atoms with Gasteiger partial charge in [-0.3, -0.25) is 4.79 Å². The Bertz CT molecular complexity index is 336. The van der Waals surface area contributed by atoms with Crippen LogP contribution in [0.1, 0.15) is 51.4 Å². The molecular formula is C15H28N2O4. The Kier molecular flexibility index (Phi) is 8.12. The van der Waals surface area contributed by atoms with E-state index in [2.05, 4.69) is 0 Å². The first-order chi connectivity index (χ1) is 10.1. The fourth-order valence-electron chi connectivity index (χ4n) is 2.80. The van der Waals surface area contributed by atoms with Crippen LogP contribution in [0.15, 0.2) is 0 Å². The lowest BCUT2D eigenvalue weighted by Gasteiger charge is -2.38. The number of carbonyl (C=O) groups excluding carboxylic acids is 1. The maximum absolute atomic E-state index is 12.5. The molecule has 0 saturated carbocycles. The molecule has 0 aromatic rings. The van der Waals surface area contributed by atoms with Crippen LogP contribution in [0.4, 0.5) is 4.79 Å². The first kappa shape index (κ1) is 17.8. The second-order valence-electron chi connectivity index (χ2n) is 5.76. The normalized spacial score (nSPS) is 18.6. The number of carbonyl (C=O) groups is 2. The number of aliphatic hydroxyl groups is 1. The number of aliphatic hydroxyl groups excluding tert-OH is 1. The van der Waals surface area contributed by atoms with Crippen LogP contribution in [0.2, 0.25) is 0 Å². The van der Waals surface area contributed by atoms with Crippen molar-refractivity contribution in [2.24, 2.45) is 0 Å². The third-order valence-corrected chi connectivity index (χ3v) is 4.04. The van der Waals surface area contributed by atoms with Gasteiger partial charge in [0.05, 0.1) is 0 Å².